The highest BCUT2D eigenvalue weighted by Gasteiger charge is 2.15. The van der Waals surface area contributed by atoms with Gasteiger partial charge in [-0.1, -0.05) is 44.7 Å². The number of hydrogen-bond donors (Lipinski definition) is 2. The Balaban J connectivity index is 0.00000176. The van der Waals surface area contributed by atoms with E-state index in [1.165, 1.54) is 36.9 Å². The molecule has 2 aromatic rings. The SMILES string of the molecule is C=C(F)/C=C\C(=C)CNc1nccnc1C(=O)Nc1ncc(Cl)cn1.CC. The first-order chi connectivity index (χ1) is 13.0. The van der Waals surface area contributed by atoms with E-state index in [1.807, 2.05) is 13.8 Å². The van der Waals surface area contributed by atoms with Crippen LogP contribution < -0.4 is 10.6 Å². The number of halogens is 2. The summed E-state index contributed by atoms with van der Waals surface area (Å²) in [7, 11) is 0. The molecule has 7 nitrogen and oxygen atoms in total. The third-order valence-corrected chi connectivity index (χ3v) is 2.94. The van der Waals surface area contributed by atoms with Gasteiger partial charge in [0.15, 0.2) is 11.5 Å². The van der Waals surface area contributed by atoms with Crippen molar-refractivity contribution in [3.8, 4) is 0 Å². The van der Waals surface area contributed by atoms with Gasteiger partial charge in [0.2, 0.25) is 5.95 Å². The lowest BCUT2D eigenvalue weighted by Gasteiger charge is -2.09. The molecule has 2 N–H and O–H groups in total. The number of nitrogens with zero attached hydrogens (tertiary/aromatic N) is 4. The summed E-state index contributed by atoms with van der Waals surface area (Å²) in [5, 5.41) is 5.76. The lowest BCUT2D eigenvalue weighted by molar-refractivity contribution is 0.102. The van der Waals surface area contributed by atoms with Crippen molar-refractivity contribution in [2.45, 2.75) is 13.8 Å². The molecule has 0 aliphatic carbocycles. The Morgan fingerprint density at radius 2 is 1.78 bits per heavy atom. The van der Waals surface area contributed by atoms with Crippen molar-refractivity contribution in [3.05, 3.63) is 72.2 Å². The second kappa shape index (κ2) is 11.5. The molecule has 27 heavy (non-hydrogen) atoms. The smallest absolute Gasteiger partial charge is 0.280 e. The van der Waals surface area contributed by atoms with Crippen LogP contribution in [0.15, 0.2) is 61.5 Å². The number of carbonyl (C=O) groups excluding carboxylic acids is 1. The second-order valence-corrected chi connectivity index (χ2v) is 5.16. The molecule has 0 aliphatic rings. The Labute approximate surface area is 162 Å². The number of nitrogens with one attached hydrogen (secondary N) is 2. The fourth-order valence-electron chi connectivity index (χ4n) is 1.64. The third-order valence-electron chi connectivity index (χ3n) is 2.74. The fraction of sp³-hybridized carbons (Fsp3) is 0.167. The number of anilines is 2. The van der Waals surface area contributed by atoms with Crippen molar-refractivity contribution in [1.82, 2.24) is 19.9 Å². The number of carbonyl (C=O) groups is 1. The molecule has 2 rings (SSSR count). The minimum absolute atomic E-state index is 0.0488. The van der Waals surface area contributed by atoms with E-state index in [9.17, 15) is 9.18 Å². The van der Waals surface area contributed by atoms with Crippen LogP contribution in [-0.4, -0.2) is 32.4 Å². The van der Waals surface area contributed by atoms with Gasteiger partial charge in [-0.15, -0.1) is 0 Å². The first kappa shape index (κ1) is 21.9. The largest absolute Gasteiger partial charge is 0.364 e. The van der Waals surface area contributed by atoms with Crippen LogP contribution in [0.4, 0.5) is 16.2 Å². The van der Waals surface area contributed by atoms with Crippen LogP contribution in [0.5, 0.6) is 0 Å². The van der Waals surface area contributed by atoms with E-state index in [0.29, 0.717) is 10.6 Å². The predicted octanol–water partition coefficient (Wildman–Crippen LogP) is 4.21. The Bertz CT molecular complexity index is 823. The molecule has 0 spiro atoms. The van der Waals surface area contributed by atoms with E-state index in [4.69, 9.17) is 11.6 Å². The molecule has 0 fully saturated rings. The molecule has 0 saturated carbocycles. The predicted molar refractivity (Wildman–Crippen MR) is 105 cm³/mol. The van der Waals surface area contributed by atoms with Gasteiger partial charge in [-0.3, -0.25) is 10.1 Å². The van der Waals surface area contributed by atoms with Gasteiger partial charge in [0.1, 0.15) is 5.83 Å². The molecule has 0 unspecified atom stereocenters. The molecule has 9 heteroatoms. The highest BCUT2D eigenvalue weighted by molar-refractivity contribution is 6.30. The zero-order valence-corrected chi connectivity index (χ0v) is 15.8. The Kier molecular flexibility index (Phi) is 9.32. The van der Waals surface area contributed by atoms with Crippen molar-refractivity contribution in [1.29, 1.82) is 0 Å². The van der Waals surface area contributed by atoms with Crippen LogP contribution in [0.2, 0.25) is 5.02 Å². The maximum Gasteiger partial charge on any atom is 0.280 e. The van der Waals surface area contributed by atoms with Gasteiger partial charge in [-0.05, 0) is 11.6 Å². The normalized spacial score (nSPS) is 9.93. The highest BCUT2D eigenvalue weighted by atomic mass is 35.5. The van der Waals surface area contributed by atoms with E-state index in [1.54, 1.807) is 0 Å². The third kappa shape index (κ3) is 7.74. The number of rotatable bonds is 7. The van der Waals surface area contributed by atoms with E-state index in [0.717, 1.165) is 0 Å². The molecule has 0 aromatic carbocycles. The summed E-state index contributed by atoms with van der Waals surface area (Å²) in [6.45, 7) is 11.1. The maximum absolute atomic E-state index is 12.6. The summed E-state index contributed by atoms with van der Waals surface area (Å²) in [5.74, 6) is -0.803. The number of allylic oxidation sites excluding steroid dienone is 2. The molecule has 0 saturated heterocycles. The molecular weight excluding hydrogens is 371 g/mol. The lowest BCUT2D eigenvalue weighted by Crippen LogP contribution is -2.19. The van der Waals surface area contributed by atoms with Crippen molar-refractivity contribution in [2.24, 2.45) is 0 Å². The summed E-state index contributed by atoms with van der Waals surface area (Å²) < 4.78 is 12.6. The zero-order chi connectivity index (χ0) is 20.2. The average Bonchev–Trinajstić information content (AvgIpc) is 2.68. The van der Waals surface area contributed by atoms with Gasteiger partial charge >= 0.3 is 0 Å². The van der Waals surface area contributed by atoms with Gasteiger partial charge in [-0.25, -0.2) is 24.3 Å². The molecule has 2 aromatic heterocycles. The minimum atomic E-state index is -0.580. The lowest BCUT2D eigenvalue weighted by atomic mass is 10.2. The van der Waals surface area contributed by atoms with Crippen molar-refractivity contribution in [2.75, 3.05) is 17.2 Å². The zero-order valence-electron chi connectivity index (χ0n) is 15.0. The van der Waals surface area contributed by atoms with Crippen molar-refractivity contribution < 1.29 is 9.18 Å². The van der Waals surface area contributed by atoms with Crippen LogP contribution in [0.1, 0.15) is 24.3 Å². The minimum Gasteiger partial charge on any atom is -0.364 e. The first-order valence-electron chi connectivity index (χ1n) is 7.99. The maximum atomic E-state index is 12.6. The van der Waals surface area contributed by atoms with Gasteiger partial charge in [0.25, 0.3) is 5.91 Å². The summed E-state index contributed by atoms with van der Waals surface area (Å²) in [6, 6.07) is 0. The topological polar surface area (TPSA) is 92.7 Å². The summed E-state index contributed by atoms with van der Waals surface area (Å²) in [4.78, 5) is 28.1. The van der Waals surface area contributed by atoms with Gasteiger partial charge < -0.3 is 5.32 Å². The molecule has 1 amide bonds. The van der Waals surface area contributed by atoms with E-state index in [-0.39, 0.29) is 24.0 Å². The van der Waals surface area contributed by atoms with Crippen molar-refractivity contribution in [3.63, 3.8) is 0 Å². The molecule has 0 bridgehead atoms. The van der Waals surface area contributed by atoms with Gasteiger partial charge in [0, 0.05) is 18.9 Å². The molecular formula is C18H20ClFN6O. The van der Waals surface area contributed by atoms with Crippen LogP contribution >= 0.6 is 11.6 Å². The Morgan fingerprint density at radius 3 is 2.41 bits per heavy atom. The van der Waals surface area contributed by atoms with Crippen LogP contribution in [0, 0.1) is 0 Å². The monoisotopic (exact) mass is 390 g/mol. The highest BCUT2D eigenvalue weighted by Crippen LogP contribution is 2.12. The molecule has 0 aliphatic heterocycles. The standard InChI is InChI=1S/C16H14ClFN6O.C2H6/c1-10(3-4-11(2)18)7-21-14-13(19-5-6-20-14)15(25)24-16-22-8-12(17)9-23-16;1-2/h3-6,8-9H,1-2,7H2,(H,20,21)(H,22,23,24,25);1-2H3/b4-3-;. The van der Waals surface area contributed by atoms with E-state index < -0.39 is 11.7 Å². The second-order valence-electron chi connectivity index (χ2n) is 4.72. The van der Waals surface area contributed by atoms with E-state index >= 15 is 0 Å². The summed E-state index contributed by atoms with van der Waals surface area (Å²) in [6.07, 6.45) is 8.17. The van der Waals surface area contributed by atoms with Crippen LogP contribution in [0.25, 0.3) is 0 Å². The number of aromatic nitrogens is 4. The molecule has 2 heterocycles. The molecule has 0 radical (unpaired) electrons. The summed E-state index contributed by atoms with van der Waals surface area (Å²) >= 11 is 5.69. The summed E-state index contributed by atoms with van der Waals surface area (Å²) in [5.41, 5.74) is 0.615. The van der Waals surface area contributed by atoms with E-state index in [2.05, 4.69) is 43.7 Å². The fourth-order valence-corrected chi connectivity index (χ4v) is 1.73. The number of amides is 1. The molecule has 0 atom stereocenters. The van der Waals surface area contributed by atoms with Gasteiger partial charge in [-0.2, -0.15) is 0 Å². The van der Waals surface area contributed by atoms with Crippen LogP contribution in [-0.2, 0) is 0 Å². The Hall–Kier alpha value is -3.13. The quantitative estimate of drug-likeness (QED) is 0.688. The average molecular weight is 391 g/mol. The first-order valence-corrected chi connectivity index (χ1v) is 8.37. The van der Waals surface area contributed by atoms with Crippen LogP contribution in [0.3, 0.4) is 0 Å². The Morgan fingerprint density at radius 1 is 1.15 bits per heavy atom. The molecule has 142 valence electrons. The van der Waals surface area contributed by atoms with Crippen molar-refractivity contribution >= 4 is 29.3 Å². The van der Waals surface area contributed by atoms with Gasteiger partial charge in [0.05, 0.1) is 17.4 Å². The number of hydrogen-bond acceptors (Lipinski definition) is 6.